The molecule has 0 saturated carbocycles. The van der Waals surface area contributed by atoms with E-state index in [2.05, 4.69) is 13.8 Å². The van der Waals surface area contributed by atoms with Crippen molar-refractivity contribution in [1.82, 2.24) is 0 Å². The van der Waals surface area contributed by atoms with E-state index >= 15 is 0 Å². The highest BCUT2D eigenvalue weighted by Crippen LogP contribution is 2.22. The van der Waals surface area contributed by atoms with Crippen LogP contribution in [0.25, 0.3) is 0 Å². The minimum atomic E-state index is -0.323. The van der Waals surface area contributed by atoms with Gasteiger partial charge in [0.05, 0.1) is 4.90 Å². The van der Waals surface area contributed by atoms with Gasteiger partial charge < -0.3 is 4.90 Å². The maximum atomic E-state index is 11.4. The Morgan fingerprint density at radius 1 is 1.25 bits per heavy atom. The molecule has 0 aliphatic carbocycles. The third-order valence-corrected chi connectivity index (χ3v) is 3.49. The molecule has 0 saturated heterocycles. The van der Waals surface area contributed by atoms with Gasteiger partial charge in [-0.15, -0.1) is 11.8 Å². The highest BCUT2D eigenvalue weighted by molar-refractivity contribution is 7.98. The van der Waals surface area contributed by atoms with Crippen LogP contribution in [0.4, 0.5) is 5.69 Å². The van der Waals surface area contributed by atoms with Crippen molar-refractivity contribution in [2.24, 2.45) is 5.92 Å². The molecule has 0 bridgehead atoms. The van der Waals surface area contributed by atoms with Gasteiger partial charge in [-0.2, -0.15) is 0 Å². The van der Waals surface area contributed by atoms with Gasteiger partial charge in [-0.05, 0) is 25.0 Å². The van der Waals surface area contributed by atoms with E-state index in [0.29, 0.717) is 16.5 Å². The lowest BCUT2D eigenvalue weighted by atomic mass is 10.1. The Kier molecular flexibility index (Phi) is 4.59. The van der Waals surface area contributed by atoms with Crippen molar-refractivity contribution in [3.63, 3.8) is 0 Å². The topological polar surface area (TPSA) is 37.4 Å². The van der Waals surface area contributed by atoms with Gasteiger partial charge in [0.2, 0.25) is 5.43 Å². The van der Waals surface area contributed by atoms with Gasteiger partial charge in [-0.3, -0.25) is 9.59 Å². The third-order valence-electron chi connectivity index (χ3n) is 2.70. The fraction of sp³-hybridized carbons (Fsp3) is 0.667. The van der Waals surface area contributed by atoms with E-state index in [1.54, 1.807) is 0 Å². The van der Waals surface area contributed by atoms with Crippen LogP contribution in [-0.4, -0.2) is 19.8 Å². The van der Waals surface area contributed by atoms with Gasteiger partial charge >= 0.3 is 0 Å². The summed E-state index contributed by atoms with van der Waals surface area (Å²) in [6.07, 6.45) is 4.04. The Hall–Kier alpha value is -0.770. The van der Waals surface area contributed by atoms with E-state index in [1.807, 2.05) is 18.2 Å². The molecule has 0 spiro atoms. The molecule has 0 aromatic heterocycles. The predicted octanol–water partition coefficient (Wildman–Crippen LogP) is 1.88. The van der Waals surface area contributed by atoms with Crippen LogP contribution in [-0.2, 0) is 0 Å². The normalized spacial score (nSPS) is 11.3. The van der Waals surface area contributed by atoms with Gasteiger partial charge in [0.15, 0.2) is 0 Å². The van der Waals surface area contributed by atoms with E-state index in [9.17, 15) is 9.59 Å². The molecule has 0 heterocycles. The Morgan fingerprint density at radius 3 is 2.38 bits per heavy atom. The monoisotopic (exact) mass is 241 g/mol. The van der Waals surface area contributed by atoms with E-state index in [0.717, 1.165) is 19.4 Å². The first kappa shape index (κ1) is 13.3. The van der Waals surface area contributed by atoms with Crippen LogP contribution in [0.5, 0.6) is 0 Å². The van der Waals surface area contributed by atoms with E-state index < -0.39 is 0 Å². The van der Waals surface area contributed by atoms with Crippen LogP contribution >= 0.6 is 11.8 Å². The highest BCUT2D eigenvalue weighted by Gasteiger charge is 2.22. The van der Waals surface area contributed by atoms with Gasteiger partial charge in [0.25, 0.3) is 5.43 Å². The Labute approximate surface area is 101 Å². The molecule has 16 heavy (non-hydrogen) atoms. The average Bonchev–Trinajstić information content (AvgIpc) is 2.23. The number of hydrogen-bond acceptors (Lipinski definition) is 4. The minimum absolute atomic E-state index is 0.321. The summed E-state index contributed by atoms with van der Waals surface area (Å²) < 4.78 is 0. The second-order valence-electron chi connectivity index (χ2n) is 4.50. The molecule has 4 heteroatoms. The summed E-state index contributed by atoms with van der Waals surface area (Å²) in [6, 6.07) is 0. The lowest BCUT2D eigenvalue weighted by Crippen LogP contribution is -2.40. The third kappa shape index (κ3) is 2.67. The van der Waals surface area contributed by atoms with Gasteiger partial charge in [0.1, 0.15) is 5.69 Å². The van der Waals surface area contributed by atoms with Crippen molar-refractivity contribution in [3.05, 3.63) is 20.4 Å². The maximum Gasteiger partial charge on any atom is 0.251 e. The molecule has 0 N–H and O–H groups in total. The van der Waals surface area contributed by atoms with Gasteiger partial charge in [-0.25, -0.2) is 0 Å². The number of hydrogen-bond donors (Lipinski definition) is 0. The van der Waals surface area contributed by atoms with Crippen molar-refractivity contribution in [1.29, 1.82) is 0 Å². The quantitative estimate of drug-likeness (QED) is 0.563. The van der Waals surface area contributed by atoms with Crippen LogP contribution < -0.4 is 15.8 Å². The molecule has 1 aromatic rings. The zero-order valence-corrected chi connectivity index (χ0v) is 11.2. The Balaban J connectivity index is 2.60. The zero-order valence-electron chi connectivity index (χ0n) is 10.4. The van der Waals surface area contributed by atoms with Crippen molar-refractivity contribution >= 4 is 17.4 Å². The molecular weight excluding hydrogens is 222 g/mol. The molecule has 0 fully saturated rings. The number of rotatable bonds is 6. The van der Waals surface area contributed by atoms with E-state index in [1.165, 1.54) is 11.8 Å². The maximum absolute atomic E-state index is 11.4. The van der Waals surface area contributed by atoms with Crippen LogP contribution in [0.2, 0.25) is 0 Å². The van der Waals surface area contributed by atoms with Crippen LogP contribution in [0.1, 0.15) is 26.7 Å². The van der Waals surface area contributed by atoms with Crippen LogP contribution in [0.3, 0.4) is 0 Å². The Bertz CT molecular complexity index is 419. The SMILES string of the molecule is CSc1c(N(C)CCCC(C)C)c(=O)c1=O. The fourth-order valence-corrected chi connectivity index (χ4v) is 2.46. The molecular formula is C12H19NO2S. The largest absolute Gasteiger partial charge is 0.370 e. The van der Waals surface area contributed by atoms with Crippen LogP contribution in [0.15, 0.2) is 14.5 Å². The summed E-state index contributed by atoms with van der Waals surface area (Å²) >= 11 is 1.37. The lowest BCUT2D eigenvalue weighted by Gasteiger charge is -2.22. The fourth-order valence-electron chi connectivity index (χ4n) is 1.74. The predicted molar refractivity (Wildman–Crippen MR) is 70.5 cm³/mol. The second-order valence-corrected chi connectivity index (χ2v) is 5.31. The summed E-state index contributed by atoms with van der Waals surface area (Å²) in [6.45, 7) is 5.21. The molecule has 0 unspecified atom stereocenters. The summed E-state index contributed by atoms with van der Waals surface area (Å²) in [7, 11) is 1.89. The summed E-state index contributed by atoms with van der Waals surface area (Å²) in [5.74, 6) is 0.682. The van der Waals surface area contributed by atoms with Crippen LogP contribution in [0, 0.1) is 5.92 Å². The van der Waals surface area contributed by atoms with Crippen molar-refractivity contribution < 1.29 is 0 Å². The molecule has 0 amide bonds. The zero-order chi connectivity index (χ0) is 12.3. The van der Waals surface area contributed by atoms with Gasteiger partial charge in [0, 0.05) is 13.6 Å². The molecule has 1 aromatic carbocycles. The molecule has 90 valence electrons. The van der Waals surface area contributed by atoms with Crippen molar-refractivity contribution in [3.8, 4) is 0 Å². The molecule has 1 rings (SSSR count). The molecule has 3 nitrogen and oxygen atoms in total. The Morgan fingerprint density at radius 2 is 1.88 bits per heavy atom. The number of nitrogens with zero attached hydrogens (tertiary/aromatic N) is 1. The first-order valence-corrected chi connectivity index (χ1v) is 6.80. The van der Waals surface area contributed by atoms with Gasteiger partial charge in [-0.1, -0.05) is 13.8 Å². The first-order chi connectivity index (χ1) is 7.49. The molecule has 0 radical (unpaired) electrons. The van der Waals surface area contributed by atoms with Crippen molar-refractivity contribution in [2.45, 2.75) is 31.6 Å². The van der Waals surface area contributed by atoms with Crippen molar-refractivity contribution in [2.75, 3.05) is 24.7 Å². The smallest absolute Gasteiger partial charge is 0.251 e. The molecule has 0 aliphatic heterocycles. The van der Waals surface area contributed by atoms with E-state index in [4.69, 9.17) is 0 Å². The molecule has 0 aliphatic rings. The molecule has 0 atom stereocenters. The first-order valence-electron chi connectivity index (χ1n) is 5.57. The van der Waals surface area contributed by atoms with E-state index in [-0.39, 0.29) is 10.9 Å². The summed E-state index contributed by atoms with van der Waals surface area (Å²) in [4.78, 5) is 25.2. The number of anilines is 1. The standard InChI is InChI=1S/C12H19NO2S/c1-8(2)6-5-7-13(3)9-10(14)11(15)12(9)16-4/h8H,5-7H2,1-4H3. The summed E-state index contributed by atoms with van der Waals surface area (Å²) in [5, 5.41) is 0. The highest BCUT2D eigenvalue weighted by atomic mass is 32.2. The average molecular weight is 241 g/mol. The minimum Gasteiger partial charge on any atom is -0.370 e. The second kappa shape index (κ2) is 5.53. The number of thioether (sulfide) groups is 1. The summed E-state index contributed by atoms with van der Waals surface area (Å²) in [5.41, 5.74) is -0.0316. The lowest BCUT2D eigenvalue weighted by molar-refractivity contribution is 0.554.